The molecule has 2 atom stereocenters. The fourth-order valence-corrected chi connectivity index (χ4v) is 3.04. The van der Waals surface area contributed by atoms with Gasteiger partial charge in [0.25, 0.3) is 0 Å². The number of hydrogen-bond acceptors (Lipinski definition) is 6. The normalized spacial score (nSPS) is 13.7. The van der Waals surface area contributed by atoms with Crippen LogP contribution in [0.25, 0.3) is 0 Å². The van der Waals surface area contributed by atoms with Crippen LogP contribution in [0.5, 0.6) is 5.75 Å². The van der Waals surface area contributed by atoms with Gasteiger partial charge in [0.05, 0.1) is 31.3 Å². The third kappa shape index (κ3) is 9.76. The molecule has 0 aliphatic heterocycles. The molecule has 2 aromatic rings. The van der Waals surface area contributed by atoms with Crippen LogP contribution < -0.4 is 4.74 Å². The third-order valence-corrected chi connectivity index (χ3v) is 5.55. The predicted octanol–water partition coefficient (Wildman–Crippen LogP) is 5.38. The minimum Gasteiger partial charge on any atom is -0.456 e. The summed E-state index contributed by atoms with van der Waals surface area (Å²) in [5.41, 5.74) is 1.01. The summed E-state index contributed by atoms with van der Waals surface area (Å²) in [6, 6.07) is 16.4. The largest absolute Gasteiger partial charge is 0.456 e. The number of esters is 2. The van der Waals surface area contributed by atoms with Crippen molar-refractivity contribution in [1.82, 2.24) is 0 Å². The average Bonchev–Trinajstić information content (AvgIpc) is 2.81. The summed E-state index contributed by atoms with van der Waals surface area (Å²) in [5.74, 6) is -0.270. The van der Waals surface area contributed by atoms with Crippen LogP contribution in [0.1, 0.15) is 56.0 Å². The Labute approximate surface area is 197 Å². The van der Waals surface area contributed by atoms with Gasteiger partial charge in [0.1, 0.15) is 11.4 Å². The quantitative estimate of drug-likeness (QED) is 0.216. The van der Waals surface area contributed by atoms with E-state index in [2.05, 4.69) is 0 Å². The van der Waals surface area contributed by atoms with Gasteiger partial charge < -0.3 is 18.9 Å². The Morgan fingerprint density at radius 1 is 0.939 bits per heavy atom. The standard InChI is InChI=1S/C27H36O6/c1-5-27(4,33-26(29)23-11-7-6-8-12-23)15-17-31-19-18-30-16-14-22(3)25(28)32-24-13-9-10-21(2)20-24/h6-13,20,22H,5,14-19H2,1-4H3. The molecule has 0 saturated heterocycles. The molecule has 0 saturated carbocycles. The Hall–Kier alpha value is -2.70. The smallest absolute Gasteiger partial charge is 0.338 e. The molecule has 0 amide bonds. The van der Waals surface area contributed by atoms with Gasteiger partial charge in [0.15, 0.2) is 0 Å². The highest BCUT2D eigenvalue weighted by Gasteiger charge is 2.27. The Morgan fingerprint density at radius 2 is 1.64 bits per heavy atom. The van der Waals surface area contributed by atoms with Gasteiger partial charge in [0.2, 0.25) is 0 Å². The van der Waals surface area contributed by atoms with Crippen LogP contribution in [-0.2, 0) is 19.0 Å². The molecule has 6 heteroatoms. The van der Waals surface area contributed by atoms with Crippen molar-refractivity contribution >= 4 is 11.9 Å². The second kappa shape index (κ2) is 13.8. The number of benzene rings is 2. The summed E-state index contributed by atoms with van der Waals surface area (Å²) in [6.07, 6.45) is 1.87. The van der Waals surface area contributed by atoms with Crippen LogP contribution in [0.2, 0.25) is 0 Å². The van der Waals surface area contributed by atoms with E-state index in [1.165, 1.54) is 0 Å². The maximum Gasteiger partial charge on any atom is 0.338 e. The number of aryl methyl sites for hydroxylation is 1. The van der Waals surface area contributed by atoms with Crippen LogP contribution in [0.15, 0.2) is 54.6 Å². The van der Waals surface area contributed by atoms with Crippen molar-refractivity contribution in [3.8, 4) is 5.75 Å². The van der Waals surface area contributed by atoms with E-state index < -0.39 is 5.60 Å². The Balaban J connectivity index is 1.57. The summed E-state index contributed by atoms with van der Waals surface area (Å²) < 4.78 is 22.4. The number of ether oxygens (including phenoxy) is 4. The molecule has 2 aromatic carbocycles. The van der Waals surface area contributed by atoms with Gasteiger partial charge in [-0.3, -0.25) is 4.79 Å². The first-order valence-electron chi connectivity index (χ1n) is 11.5. The van der Waals surface area contributed by atoms with E-state index in [-0.39, 0.29) is 17.9 Å². The van der Waals surface area contributed by atoms with E-state index in [0.717, 1.165) is 5.56 Å². The number of hydrogen-bond donors (Lipinski definition) is 0. The second-order valence-corrected chi connectivity index (χ2v) is 8.46. The molecule has 33 heavy (non-hydrogen) atoms. The average molecular weight is 457 g/mol. The lowest BCUT2D eigenvalue weighted by Crippen LogP contribution is -2.32. The molecular weight excluding hydrogens is 420 g/mol. The minimum absolute atomic E-state index is 0.254. The molecule has 2 rings (SSSR count). The van der Waals surface area contributed by atoms with Gasteiger partial charge in [-0.1, -0.05) is 44.2 Å². The molecule has 6 nitrogen and oxygen atoms in total. The Kier molecular flexibility index (Phi) is 11.1. The van der Waals surface area contributed by atoms with E-state index in [0.29, 0.717) is 57.0 Å². The maximum absolute atomic E-state index is 12.3. The molecule has 0 fully saturated rings. The van der Waals surface area contributed by atoms with Gasteiger partial charge in [-0.15, -0.1) is 0 Å². The first-order chi connectivity index (χ1) is 15.8. The third-order valence-electron chi connectivity index (χ3n) is 5.55. The highest BCUT2D eigenvalue weighted by Crippen LogP contribution is 2.22. The second-order valence-electron chi connectivity index (χ2n) is 8.46. The SMILES string of the molecule is CCC(C)(CCOCCOCCC(C)C(=O)Oc1cccc(C)c1)OC(=O)c1ccccc1. The topological polar surface area (TPSA) is 71.1 Å². The van der Waals surface area contributed by atoms with E-state index in [4.69, 9.17) is 18.9 Å². The van der Waals surface area contributed by atoms with Gasteiger partial charge in [-0.2, -0.15) is 0 Å². The van der Waals surface area contributed by atoms with Crippen LogP contribution in [-0.4, -0.2) is 44.0 Å². The zero-order chi connectivity index (χ0) is 24.1. The summed E-state index contributed by atoms with van der Waals surface area (Å²) >= 11 is 0. The van der Waals surface area contributed by atoms with Crippen molar-refractivity contribution in [2.24, 2.45) is 5.92 Å². The zero-order valence-electron chi connectivity index (χ0n) is 20.2. The van der Waals surface area contributed by atoms with Gasteiger partial charge in [-0.25, -0.2) is 4.79 Å². The summed E-state index contributed by atoms with van der Waals surface area (Å²) in [5, 5.41) is 0. The lowest BCUT2D eigenvalue weighted by Gasteiger charge is -2.28. The first kappa shape index (κ1) is 26.6. The number of carbonyl (C=O) groups is 2. The minimum atomic E-state index is -0.582. The van der Waals surface area contributed by atoms with Gasteiger partial charge >= 0.3 is 11.9 Å². The molecule has 0 bridgehead atoms. The number of carbonyl (C=O) groups excluding carboxylic acids is 2. The maximum atomic E-state index is 12.3. The number of rotatable bonds is 14. The van der Waals surface area contributed by atoms with Crippen LogP contribution in [0.4, 0.5) is 0 Å². The highest BCUT2D eigenvalue weighted by molar-refractivity contribution is 5.89. The van der Waals surface area contributed by atoms with Crippen molar-refractivity contribution in [2.75, 3.05) is 26.4 Å². The summed E-state index contributed by atoms with van der Waals surface area (Å²) in [4.78, 5) is 24.5. The Morgan fingerprint density at radius 3 is 2.30 bits per heavy atom. The van der Waals surface area contributed by atoms with E-state index in [1.54, 1.807) is 18.2 Å². The lowest BCUT2D eigenvalue weighted by molar-refractivity contribution is -0.139. The van der Waals surface area contributed by atoms with E-state index in [1.807, 2.05) is 64.1 Å². The molecule has 0 aliphatic carbocycles. The first-order valence-corrected chi connectivity index (χ1v) is 11.5. The van der Waals surface area contributed by atoms with Crippen molar-refractivity contribution in [2.45, 2.75) is 52.6 Å². The van der Waals surface area contributed by atoms with Crippen molar-refractivity contribution in [3.05, 3.63) is 65.7 Å². The summed E-state index contributed by atoms with van der Waals surface area (Å²) in [6.45, 7) is 9.50. The molecule has 0 heterocycles. The molecule has 180 valence electrons. The van der Waals surface area contributed by atoms with E-state index >= 15 is 0 Å². The molecule has 0 spiro atoms. The fraction of sp³-hybridized carbons (Fsp3) is 0.481. The van der Waals surface area contributed by atoms with Crippen molar-refractivity contribution in [1.29, 1.82) is 0 Å². The summed E-state index contributed by atoms with van der Waals surface area (Å²) in [7, 11) is 0. The molecule has 0 aliphatic rings. The monoisotopic (exact) mass is 456 g/mol. The fourth-order valence-electron chi connectivity index (χ4n) is 3.04. The van der Waals surface area contributed by atoms with Gasteiger partial charge in [0, 0.05) is 13.0 Å². The molecule has 0 radical (unpaired) electrons. The molecular formula is C27H36O6. The van der Waals surface area contributed by atoms with Crippen LogP contribution in [0, 0.1) is 12.8 Å². The molecule has 2 unspecified atom stereocenters. The highest BCUT2D eigenvalue weighted by atomic mass is 16.6. The lowest BCUT2D eigenvalue weighted by atomic mass is 9.99. The van der Waals surface area contributed by atoms with Gasteiger partial charge in [-0.05, 0) is 56.5 Å². The van der Waals surface area contributed by atoms with Crippen molar-refractivity contribution < 1.29 is 28.5 Å². The zero-order valence-corrected chi connectivity index (χ0v) is 20.2. The van der Waals surface area contributed by atoms with Crippen LogP contribution >= 0.6 is 0 Å². The van der Waals surface area contributed by atoms with Crippen LogP contribution in [0.3, 0.4) is 0 Å². The van der Waals surface area contributed by atoms with Crippen molar-refractivity contribution in [3.63, 3.8) is 0 Å². The Bertz CT molecular complexity index is 866. The van der Waals surface area contributed by atoms with E-state index in [9.17, 15) is 9.59 Å². The molecule has 0 N–H and O–H groups in total. The predicted molar refractivity (Wildman–Crippen MR) is 127 cm³/mol. The molecule has 0 aromatic heterocycles.